The van der Waals surface area contributed by atoms with Gasteiger partial charge in [-0.15, -0.1) is 0 Å². The number of carboxylic acids is 1. The topological polar surface area (TPSA) is 63.3 Å². The normalized spacial score (nSPS) is 19.5. The molecule has 1 fully saturated rings. The molecule has 1 rings (SSSR count). The minimum Gasteiger partial charge on any atom is -1.00 e. The molecule has 13 heavy (non-hydrogen) atoms. The minimum absolute atomic E-state index is 0. The van der Waals surface area contributed by atoms with E-state index in [0.29, 0.717) is 17.3 Å². The van der Waals surface area contributed by atoms with E-state index in [9.17, 15) is 4.79 Å². The van der Waals surface area contributed by atoms with Crippen molar-refractivity contribution in [1.29, 1.82) is 0 Å². The summed E-state index contributed by atoms with van der Waals surface area (Å²) in [6.07, 6.45) is 3.30. The predicted molar refractivity (Wildman–Crippen MR) is 51.4 cm³/mol. The molecule has 1 aliphatic rings. The lowest BCUT2D eigenvalue weighted by Crippen LogP contribution is -3.00. The van der Waals surface area contributed by atoms with Crippen LogP contribution in [0.3, 0.4) is 0 Å². The first-order valence-corrected chi connectivity index (χ1v) is 6.06. The summed E-state index contributed by atoms with van der Waals surface area (Å²) in [5.74, 6) is 2.75. The summed E-state index contributed by atoms with van der Waals surface area (Å²) in [4.78, 5) is 10.4. The van der Waals surface area contributed by atoms with Gasteiger partial charge in [0.1, 0.15) is 23.3 Å². The lowest BCUT2D eigenvalue weighted by Gasteiger charge is -2.04. The van der Waals surface area contributed by atoms with E-state index in [0.717, 1.165) is 5.75 Å². The second-order valence-corrected chi connectivity index (χ2v) is 5.61. The molecular weight excluding hydrogens is 210 g/mol. The summed E-state index contributed by atoms with van der Waals surface area (Å²) in [7, 11) is 0.492. The van der Waals surface area contributed by atoms with Crippen LogP contribution in [-0.4, -0.2) is 34.4 Å². The second kappa shape index (κ2) is 6.51. The fourth-order valence-corrected chi connectivity index (χ4v) is 3.76. The van der Waals surface area contributed by atoms with E-state index in [1.807, 2.05) is 0 Å². The number of nitrogens with two attached hydrogens (primary N) is 1. The van der Waals surface area contributed by atoms with E-state index >= 15 is 0 Å². The maximum absolute atomic E-state index is 10.4. The molecule has 3 nitrogen and oxygen atoms in total. The van der Waals surface area contributed by atoms with Gasteiger partial charge < -0.3 is 23.2 Å². The van der Waals surface area contributed by atoms with Crippen LogP contribution in [0.2, 0.25) is 0 Å². The van der Waals surface area contributed by atoms with Crippen molar-refractivity contribution < 1.29 is 22.3 Å². The highest BCUT2D eigenvalue weighted by atomic mass is 35.5. The van der Waals surface area contributed by atoms with Gasteiger partial charge in [0.15, 0.2) is 0 Å². The molecule has 0 spiro atoms. The van der Waals surface area contributed by atoms with Crippen LogP contribution < -0.4 is 18.1 Å². The fraction of sp³-hybridized carbons (Fsp3) is 0.875. The van der Waals surface area contributed by atoms with Crippen molar-refractivity contribution in [3.05, 3.63) is 0 Å². The van der Waals surface area contributed by atoms with Gasteiger partial charge in [-0.05, 0) is 23.7 Å². The van der Waals surface area contributed by atoms with Crippen LogP contribution in [0.15, 0.2) is 0 Å². The Morgan fingerprint density at radius 2 is 2.00 bits per heavy atom. The largest absolute Gasteiger partial charge is 1.00 e. The van der Waals surface area contributed by atoms with E-state index in [4.69, 9.17) is 10.8 Å². The van der Waals surface area contributed by atoms with Crippen molar-refractivity contribution in [1.82, 2.24) is 0 Å². The van der Waals surface area contributed by atoms with Crippen molar-refractivity contribution in [2.24, 2.45) is 5.73 Å². The van der Waals surface area contributed by atoms with Crippen molar-refractivity contribution in [2.45, 2.75) is 25.3 Å². The molecule has 0 aliphatic carbocycles. The number of rotatable bonds is 4. The number of hydrogen-bond acceptors (Lipinski definition) is 2. The third-order valence-electron chi connectivity index (χ3n) is 2.15. The fourth-order valence-electron chi connectivity index (χ4n) is 1.34. The van der Waals surface area contributed by atoms with E-state index in [2.05, 4.69) is 0 Å². The lowest BCUT2D eigenvalue weighted by atomic mass is 10.2. The third-order valence-corrected chi connectivity index (χ3v) is 4.70. The zero-order valence-corrected chi connectivity index (χ0v) is 9.11. The first-order chi connectivity index (χ1) is 5.70. The molecule has 0 bridgehead atoms. The Bertz CT molecular complexity index is 162. The third kappa shape index (κ3) is 4.74. The Balaban J connectivity index is 0.00000144. The lowest BCUT2D eigenvalue weighted by molar-refractivity contribution is -0.138. The predicted octanol–water partition coefficient (Wildman–Crippen LogP) is -2.80. The number of hydrogen-bond donors (Lipinski definition) is 2. The number of carbonyl (C=O) groups is 1. The SMILES string of the molecule is NC(CC[S+]1CCCC1)C(=O)O.[Cl-]. The monoisotopic (exact) mass is 225 g/mol. The molecule has 1 saturated heterocycles. The molecule has 1 atom stereocenters. The highest BCUT2D eigenvalue weighted by Crippen LogP contribution is 2.14. The minimum atomic E-state index is -0.863. The molecule has 0 radical (unpaired) electrons. The molecule has 0 aromatic carbocycles. The molecule has 0 aromatic rings. The molecule has 1 heterocycles. The summed E-state index contributed by atoms with van der Waals surface area (Å²) < 4.78 is 0. The Kier molecular flexibility index (Phi) is 6.55. The van der Waals surface area contributed by atoms with Crippen molar-refractivity contribution >= 4 is 16.9 Å². The Hall–Kier alpha value is 0.0700. The van der Waals surface area contributed by atoms with Gasteiger partial charge in [0, 0.05) is 6.42 Å². The van der Waals surface area contributed by atoms with Crippen LogP contribution in [-0.2, 0) is 15.7 Å². The van der Waals surface area contributed by atoms with Crippen LogP contribution in [0.5, 0.6) is 0 Å². The van der Waals surface area contributed by atoms with E-state index in [-0.39, 0.29) is 12.4 Å². The molecule has 0 amide bonds. The maximum atomic E-state index is 10.4. The van der Waals surface area contributed by atoms with E-state index in [1.54, 1.807) is 0 Å². The van der Waals surface area contributed by atoms with Crippen molar-refractivity contribution in [3.63, 3.8) is 0 Å². The molecular formula is C8H16ClNO2S. The molecule has 1 aliphatic heterocycles. The van der Waals surface area contributed by atoms with Gasteiger partial charge in [0.05, 0.1) is 0 Å². The van der Waals surface area contributed by atoms with Crippen molar-refractivity contribution in [3.8, 4) is 0 Å². The van der Waals surface area contributed by atoms with Crippen LogP contribution in [0.25, 0.3) is 0 Å². The summed E-state index contributed by atoms with van der Waals surface area (Å²) in [5.41, 5.74) is 5.40. The standard InChI is InChI=1S/C8H15NO2S.ClH/c9-7(8(10)11)3-6-12-4-1-2-5-12;/h7H,1-6,9H2;1H. The van der Waals surface area contributed by atoms with Gasteiger partial charge in [-0.3, -0.25) is 4.79 Å². The summed E-state index contributed by atoms with van der Waals surface area (Å²) in [6, 6.07) is -0.641. The van der Waals surface area contributed by atoms with Gasteiger partial charge >= 0.3 is 5.97 Å². The summed E-state index contributed by atoms with van der Waals surface area (Å²) in [6.45, 7) is 0. The molecule has 0 saturated carbocycles. The zero-order valence-electron chi connectivity index (χ0n) is 7.54. The Morgan fingerprint density at radius 3 is 2.46 bits per heavy atom. The molecule has 0 aromatic heterocycles. The van der Waals surface area contributed by atoms with Gasteiger partial charge in [-0.2, -0.15) is 0 Å². The molecule has 78 valence electrons. The average molecular weight is 226 g/mol. The Labute approximate surface area is 87.8 Å². The number of aliphatic carboxylic acids is 1. The number of halogens is 1. The van der Waals surface area contributed by atoms with Gasteiger partial charge in [0.2, 0.25) is 0 Å². The van der Waals surface area contributed by atoms with Gasteiger partial charge in [-0.25, -0.2) is 0 Å². The Morgan fingerprint density at radius 1 is 1.46 bits per heavy atom. The van der Waals surface area contributed by atoms with Gasteiger partial charge in [0.25, 0.3) is 0 Å². The van der Waals surface area contributed by atoms with Crippen LogP contribution in [0.1, 0.15) is 19.3 Å². The highest BCUT2D eigenvalue weighted by Gasteiger charge is 2.25. The highest BCUT2D eigenvalue weighted by molar-refractivity contribution is 7.97. The average Bonchev–Trinajstić information content (AvgIpc) is 2.51. The smallest absolute Gasteiger partial charge is 0.320 e. The van der Waals surface area contributed by atoms with E-state index < -0.39 is 12.0 Å². The van der Waals surface area contributed by atoms with Crippen LogP contribution in [0.4, 0.5) is 0 Å². The molecule has 3 N–H and O–H groups in total. The first kappa shape index (κ1) is 13.1. The van der Waals surface area contributed by atoms with Crippen molar-refractivity contribution in [2.75, 3.05) is 17.3 Å². The molecule has 1 unspecified atom stereocenters. The maximum Gasteiger partial charge on any atom is 0.320 e. The van der Waals surface area contributed by atoms with E-state index in [1.165, 1.54) is 24.3 Å². The van der Waals surface area contributed by atoms with Crippen LogP contribution >= 0.6 is 0 Å². The zero-order chi connectivity index (χ0) is 8.97. The second-order valence-electron chi connectivity index (χ2n) is 3.17. The van der Waals surface area contributed by atoms with Crippen LogP contribution in [0, 0.1) is 0 Å². The summed E-state index contributed by atoms with van der Waals surface area (Å²) >= 11 is 0. The van der Waals surface area contributed by atoms with Gasteiger partial charge in [-0.1, -0.05) is 0 Å². The quantitative estimate of drug-likeness (QED) is 0.509. The summed E-state index contributed by atoms with van der Waals surface area (Å²) in [5, 5.41) is 8.53. The number of carboxylic acid groups (broad SMARTS) is 1. The first-order valence-electron chi connectivity index (χ1n) is 4.32. The molecule has 5 heteroatoms.